The molecule has 0 spiro atoms. The molecule has 0 saturated carbocycles. The number of benzene rings is 1. The van der Waals surface area contributed by atoms with Gasteiger partial charge in [-0.1, -0.05) is 23.2 Å². The number of fused-ring (bicyclic) bond motifs is 1. The van der Waals surface area contributed by atoms with Crippen molar-refractivity contribution >= 4 is 34.1 Å². The van der Waals surface area contributed by atoms with Gasteiger partial charge in [-0.25, -0.2) is 18.7 Å². The minimum atomic E-state index is -0.752. The molecule has 1 aromatic carbocycles. The quantitative estimate of drug-likeness (QED) is 0.497. The summed E-state index contributed by atoms with van der Waals surface area (Å²) in [5.41, 5.74) is 0.386. The zero-order valence-electron chi connectivity index (χ0n) is 9.74. The molecule has 3 aromatic rings. The molecule has 2 aromatic heterocycles. The second-order valence-corrected chi connectivity index (χ2v) is 4.74. The Morgan fingerprint density at radius 3 is 2.60 bits per heavy atom. The fourth-order valence-electron chi connectivity index (χ4n) is 1.75. The van der Waals surface area contributed by atoms with Crippen LogP contribution in [0.5, 0.6) is 0 Å². The highest BCUT2D eigenvalue weighted by Gasteiger charge is 2.15. The van der Waals surface area contributed by atoms with Crippen molar-refractivity contribution in [2.45, 2.75) is 0 Å². The van der Waals surface area contributed by atoms with Gasteiger partial charge in [0.05, 0.1) is 21.5 Å². The third-order valence-electron chi connectivity index (χ3n) is 2.70. The van der Waals surface area contributed by atoms with E-state index in [0.717, 1.165) is 12.1 Å². The first kappa shape index (κ1) is 13.1. The lowest BCUT2D eigenvalue weighted by Crippen LogP contribution is -1.96. The maximum absolute atomic E-state index is 13.9. The van der Waals surface area contributed by atoms with E-state index in [4.69, 9.17) is 23.2 Å². The topological polar surface area (TPSA) is 38.7 Å². The highest BCUT2D eigenvalue weighted by Crippen LogP contribution is 2.28. The number of hydrogen-bond acceptors (Lipinski definition) is 3. The molecule has 0 atom stereocenters. The average molecular weight is 312 g/mol. The normalized spacial score (nSPS) is 11.0. The van der Waals surface area contributed by atoms with Crippen LogP contribution >= 0.6 is 23.2 Å². The third kappa shape index (κ3) is 2.19. The van der Waals surface area contributed by atoms with Crippen molar-refractivity contribution in [3.8, 4) is 11.4 Å². The van der Waals surface area contributed by atoms with E-state index in [1.54, 1.807) is 6.07 Å². The van der Waals surface area contributed by atoms with Gasteiger partial charge in [-0.15, -0.1) is 0 Å². The first-order valence-electron chi connectivity index (χ1n) is 5.48. The van der Waals surface area contributed by atoms with Crippen LogP contribution in [0, 0.1) is 11.6 Å². The largest absolute Gasteiger partial charge is 0.264 e. The molecule has 100 valence electrons. The van der Waals surface area contributed by atoms with E-state index in [1.807, 2.05) is 0 Å². The zero-order valence-corrected chi connectivity index (χ0v) is 11.3. The molecule has 3 nitrogen and oxygen atoms in total. The summed E-state index contributed by atoms with van der Waals surface area (Å²) in [6, 6.07) is 3.42. The Labute approximate surface area is 122 Å². The van der Waals surface area contributed by atoms with Gasteiger partial charge in [0, 0.05) is 12.4 Å². The van der Waals surface area contributed by atoms with Crippen LogP contribution < -0.4 is 0 Å². The van der Waals surface area contributed by atoms with Crippen molar-refractivity contribution in [1.29, 1.82) is 0 Å². The number of pyridine rings is 1. The van der Waals surface area contributed by atoms with Crippen LogP contribution in [0.1, 0.15) is 0 Å². The summed E-state index contributed by atoms with van der Waals surface area (Å²) in [5.74, 6) is -1.49. The molecule has 0 N–H and O–H groups in total. The van der Waals surface area contributed by atoms with Crippen molar-refractivity contribution < 1.29 is 8.78 Å². The summed E-state index contributed by atoms with van der Waals surface area (Å²) in [4.78, 5) is 12.0. The number of hydrogen-bond donors (Lipinski definition) is 0. The van der Waals surface area contributed by atoms with Crippen molar-refractivity contribution in [2.75, 3.05) is 0 Å². The lowest BCUT2D eigenvalue weighted by molar-refractivity contribution is 0.602. The standard InChI is InChI=1S/C13H5Cl2F2N3/c14-8-4-9(16)6(3-10(8)17)13-19-11-1-2-18-5-7(11)12(15)20-13/h1-5H. The monoisotopic (exact) mass is 311 g/mol. The summed E-state index contributed by atoms with van der Waals surface area (Å²) in [7, 11) is 0. The molecule has 0 aliphatic heterocycles. The Morgan fingerprint density at radius 2 is 1.80 bits per heavy atom. The molecular formula is C13H5Cl2F2N3. The molecule has 3 rings (SSSR count). The Morgan fingerprint density at radius 1 is 1.00 bits per heavy atom. The summed E-state index contributed by atoms with van der Waals surface area (Å²) >= 11 is 11.5. The predicted molar refractivity (Wildman–Crippen MR) is 72.7 cm³/mol. The number of nitrogens with zero attached hydrogens (tertiary/aromatic N) is 3. The van der Waals surface area contributed by atoms with Gasteiger partial charge in [0.25, 0.3) is 0 Å². The van der Waals surface area contributed by atoms with Crippen LogP contribution in [0.25, 0.3) is 22.3 Å². The first-order chi connectivity index (χ1) is 9.56. The van der Waals surface area contributed by atoms with Crippen molar-refractivity contribution in [2.24, 2.45) is 0 Å². The van der Waals surface area contributed by atoms with Gasteiger partial charge in [-0.2, -0.15) is 0 Å². The minimum Gasteiger partial charge on any atom is -0.264 e. The van der Waals surface area contributed by atoms with E-state index in [-0.39, 0.29) is 21.6 Å². The fraction of sp³-hybridized carbons (Fsp3) is 0. The molecule has 7 heteroatoms. The Kier molecular flexibility index (Phi) is 3.23. The molecule has 0 bridgehead atoms. The summed E-state index contributed by atoms with van der Waals surface area (Å²) in [6.07, 6.45) is 3.02. The van der Waals surface area contributed by atoms with E-state index in [1.165, 1.54) is 12.4 Å². The van der Waals surface area contributed by atoms with Gasteiger partial charge in [0.2, 0.25) is 0 Å². The van der Waals surface area contributed by atoms with E-state index in [9.17, 15) is 8.78 Å². The Hall–Kier alpha value is -1.85. The second-order valence-electron chi connectivity index (χ2n) is 3.98. The van der Waals surface area contributed by atoms with Crippen LogP contribution in [0.3, 0.4) is 0 Å². The third-order valence-corrected chi connectivity index (χ3v) is 3.28. The molecule has 0 amide bonds. The van der Waals surface area contributed by atoms with Gasteiger partial charge in [-0.05, 0) is 18.2 Å². The van der Waals surface area contributed by atoms with Crippen molar-refractivity contribution in [3.63, 3.8) is 0 Å². The number of rotatable bonds is 1. The highest BCUT2D eigenvalue weighted by atomic mass is 35.5. The average Bonchev–Trinajstić information content (AvgIpc) is 2.43. The molecule has 0 saturated heterocycles. The van der Waals surface area contributed by atoms with E-state index in [0.29, 0.717) is 10.9 Å². The molecule has 0 fully saturated rings. The second kappa shape index (κ2) is 4.92. The van der Waals surface area contributed by atoms with Gasteiger partial charge in [0.1, 0.15) is 16.8 Å². The van der Waals surface area contributed by atoms with Gasteiger partial charge in [0.15, 0.2) is 5.82 Å². The summed E-state index contributed by atoms with van der Waals surface area (Å²) in [6.45, 7) is 0. The minimum absolute atomic E-state index is 0.0123. The first-order valence-corrected chi connectivity index (χ1v) is 6.24. The van der Waals surface area contributed by atoms with E-state index >= 15 is 0 Å². The number of aromatic nitrogens is 3. The van der Waals surface area contributed by atoms with Crippen molar-refractivity contribution in [1.82, 2.24) is 15.0 Å². The predicted octanol–water partition coefficient (Wildman–Crippen LogP) is 4.28. The molecule has 2 heterocycles. The van der Waals surface area contributed by atoms with Crippen LogP contribution in [-0.2, 0) is 0 Å². The fourth-order valence-corrected chi connectivity index (χ4v) is 2.13. The maximum Gasteiger partial charge on any atom is 0.164 e. The van der Waals surface area contributed by atoms with Crippen LogP contribution in [0.2, 0.25) is 10.2 Å². The van der Waals surface area contributed by atoms with Gasteiger partial charge in [-0.3, -0.25) is 4.98 Å². The lowest BCUT2D eigenvalue weighted by Gasteiger charge is -2.06. The van der Waals surface area contributed by atoms with Crippen molar-refractivity contribution in [3.05, 3.63) is 52.4 Å². The Balaban J connectivity index is 2.27. The zero-order chi connectivity index (χ0) is 14.3. The summed E-state index contributed by atoms with van der Waals surface area (Å²) < 4.78 is 27.3. The SMILES string of the molecule is Fc1cc(-c2nc(Cl)c3cnccc3n2)c(F)cc1Cl. The Bertz CT molecular complexity index is 824. The molecular weight excluding hydrogens is 307 g/mol. The molecule has 0 aliphatic rings. The van der Waals surface area contributed by atoms with Gasteiger partial charge < -0.3 is 0 Å². The lowest BCUT2D eigenvalue weighted by atomic mass is 10.2. The molecule has 0 radical (unpaired) electrons. The molecule has 0 unspecified atom stereocenters. The molecule has 0 aliphatic carbocycles. The van der Waals surface area contributed by atoms with E-state index < -0.39 is 11.6 Å². The van der Waals surface area contributed by atoms with Gasteiger partial charge >= 0.3 is 0 Å². The maximum atomic E-state index is 13.9. The van der Waals surface area contributed by atoms with Crippen LogP contribution in [0.4, 0.5) is 8.78 Å². The highest BCUT2D eigenvalue weighted by molar-refractivity contribution is 6.34. The summed E-state index contributed by atoms with van der Waals surface area (Å²) in [5, 5.41) is 0.350. The molecule has 20 heavy (non-hydrogen) atoms. The van der Waals surface area contributed by atoms with Crippen LogP contribution in [-0.4, -0.2) is 15.0 Å². The smallest absolute Gasteiger partial charge is 0.164 e. The number of halogens is 4. The van der Waals surface area contributed by atoms with Crippen LogP contribution in [0.15, 0.2) is 30.6 Å². The van der Waals surface area contributed by atoms with E-state index in [2.05, 4.69) is 15.0 Å².